The molecule has 1 atom stereocenters. The van der Waals surface area contributed by atoms with Crippen LogP contribution in [0.2, 0.25) is 5.02 Å². The van der Waals surface area contributed by atoms with Crippen molar-refractivity contribution in [3.8, 4) is 28.3 Å². The van der Waals surface area contributed by atoms with Crippen LogP contribution in [0.3, 0.4) is 0 Å². The fraction of sp³-hybridized carbons (Fsp3) is 0.192. The third kappa shape index (κ3) is 6.72. The number of carboxylic acid groups (broad SMARTS) is 1. The third-order valence-electron chi connectivity index (χ3n) is 5.85. The van der Waals surface area contributed by atoms with Crippen LogP contribution in [0, 0.1) is 0 Å². The van der Waals surface area contributed by atoms with Gasteiger partial charge in [0.25, 0.3) is 0 Å². The molecule has 0 aliphatic carbocycles. The number of ether oxygens (including phenoxy) is 1. The van der Waals surface area contributed by atoms with Gasteiger partial charge < -0.3 is 14.9 Å². The largest absolute Gasteiger partial charge is 0.511 e. The summed E-state index contributed by atoms with van der Waals surface area (Å²) in [7, 11) is 0. The van der Waals surface area contributed by atoms with Crippen molar-refractivity contribution < 1.29 is 46.1 Å². The number of hydrogen-bond donors (Lipinski definition) is 2. The molecule has 1 aromatic heterocycles. The van der Waals surface area contributed by atoms with Crippen LogP contribution in [-0.2, 0) is 19.3 Å². The zero-order valence-corrected chi connectivity index (χ0v) is 21.2. The maximum atomic E-state index is 13.7. The molecule has 0 aliphatic heterocycles. The van der Waals surface area contributed by atoms with Crippen LogP contribution in [0.4, 0.5) is 31.1 Å². The van der Waals surface area contributed by atoms with Gasteiger partial charge in [-0.25, -0.2) is 14.3 Å². The van der Waals surface area contributed by atoms with E-state index in [0.29, 0.717) is 9.59 Å². The Balaban J connectivity index is 1.83. The van der Waals surface area contributed by atoms with E-state index < -0.39 is 60.3 Å². The second kappa shape index (κ2) is 11.3. The molecule has 3 aromatic carbocycles. The molecule has 4 rings (SSSR count). The van der Waals surface area contributed by atoms with Crippen molar-refractivity contribution in [3.63, 3.8) is 0 Å². The summed E-state index contributed by atoms with van der Waals surface area (Å²) in [6.45, 7) is -1.63. The quantitative estimate of drug-likeness (QED) is 0.151. The molecule has 15 heteroatoms. The Morgan fingerprint density at radius 3 is 2.24 bits per heavy atom. The van der Waals surface area contributed by atoms with Gasteiger partial charge in [-0.1, -0.05) is 35.9 Å². The van der Waals surface area contributed by atoms with Gasteiger partial charge in [0.1, 0.15) is 5.75 Å². The number of rotatable bonds is 7. The fourth-order valence-electron chi connectivity index (χ4n) is 4.00. The Kier molecular flexibility index (Phi) is 8.17. The molecule has 0 saturated heterocycles. The lowest BCUT2D eigenvalue weighted by Crippen LogP contribution is -2.37. The minimum atomic E-state index is -5.04. The smallest absolute Gasteiger partial charge is 0.449 e. The van der Waals surface area contributed by atoms with Gasteiger partial charge in [0.15, 0.2) is 11.9 Å². The van der Waals surface area contributed by atoms with Crippen LogP contribution in [0.25, 0.3) is 22.5 Å². The monoisotopic (exact) mass is 601 g/mol. The van der Waals surface area contributed by atoms with E-state index >= 15 is 0 Å². The highest BCUT2D eigenvalue weighted by atomic mass is 35.5. The molecule has 216 valence electrons. The molecule has 2 N–H and O–H groups in total. The number of carbonyl (C=O) groups is 1. The molecule has 0 aliphatic rings. The number of alkyl halides is 6. The first-order valence-electron chi connectivity index (χ1n) is 11.5. The second-order valence-electron chi connectivity index (χ2n) is 8.68. The van der Waals surface area contributed by atoms with E-state index in [2.05, 4.69) is 9.84 Å². The minimum Gasteiger partial charge on any atom is -0.449 e. The summed E-state index contributed by atoms with van der Waals surface area (Å²) in [6.07, 6.45) is -14.5. The van der Waals surface area contributed by atoms with Crippen LogP contribution in [0.15, 0.2) is 71.5 Å². The van der Waals surface area contributed by atoms with Gasteiger partial charge in [-0.3, -0.25) is 4.57 Å². The number of benzene rings is 3. The zero-order chi connectivity index (χ0) is 30.1. The summed E-state index contributed by atoms with van der Waals surface area (Å²) in [5.41, 5.74) is -2.48. The number of aliphatic hydroxyl groups is 1. The lowest BCUT2D eigenvalue weighted by molar-refractivity contribution is -0.207. The van der Waals surface area contributed by atoms with Gasteiger partial charge in [0.05, 0.1) is 18.7 Å². The Hall–Kier alpha value is -4.30. The van der Waals surface area contributed by atoms with Crippen LogP contribution in [0.5, 0.6) is 5.75 Å². The van der Waals surface area contributed by atoms with Crippen molar-refractivity contribution >= 4 is 17.8 Å². The van der Waals surface area contributed by atoms with Crippen molar-refractivity contribution in [2.45, 2.75) is 31.5 Å². The number of aromatic nitrogens is 3. The van der Waals surface area contributed by atoms with Gasteiger partial charge in [0.2, 0.25) is 0 Å². The minimum absolute atomic E-state index is 0.139. The molecule has 0 fully saturated rings. The van der Waals surface area contributed by atoms with Crippen molar-refractivity contribution in [1.82, 2.24) is 14.3 Å². The second-order valence-corrected chi connectivity index (χ2v) is 9.12. The zero-order valence-electron chi connectivity index (χ0n) is 20.4. The van der Waals surface area contributed by atoms with Gasteiger partial charge >= 0.3 is 24.2 Å². The van der Waals surface area contributed by atoms with Gasteiger partial charge in [-0.15, -0.1) is 5.10 Å². The van der Waals surface area contributed by atoms with E-state index in [1.807, 2.05) is 0 Å². The van der Waals surface area contributed by atoms with E-state index in [1.165, 1.54) is 36.4 Å². The topological polar surface area (TPSA) is 107 Å². The van der Waals surface area contributed by atoms with E-state index in [-0.39, 0.29) is 22.5 Å². The van der Waals surface area contributed by atoms with Gasteiger partial charge in [-0.05, 0) is 53.6 Å². The fourth-order valence-corrected chi connectivity index (χ4v) is 4.13. The van der Waals surface area contributed by atoms with Crippen molar-refractivity contribution in [1.29, 1.82) is 0 Å². The van der Waals surface area contributed by atoms with Crippen LogP contribution >= 0.6 is 11.6 Å². The molecular weight excluding hydrogens is 584 g/mol. The highest BCUT2D eigenvalue weighted by Gasteiger charge is 2.39. The van der Waals surface area contributed by atoms with Crippen LogP contribution in [0.1, 0.15) is 11.1 Å². The van der Waals surface area contributed by atoms with Crippen molar-refractivity contribution in [3.05, 3.63) is 93.4 Å². The SMILES string of the molecule is O=C(O)Oc1ccc(Cn2nc(-c3ccc(Cl)cc3)n(C[C@H](O)C(F)(F)F)c2=O)cc1-c1ccccc1C(F)(F)F. The molecule has 41 heavy (non-hydrogen) atoms. The van der Waals surface area contributed by atoms with E-state index in [4.69, 9.17) is 16.7 Å². The molecule has 0 spiro atoms. The highest BCUT2D eigenvalue weighted by Crippen LogP contribution is 2.41. The van der Waals surface area contributed by atoms with Gasteiger partial charge in [-0.2, -0.15) is 26.3 Å². The standard InChI is InChI=1S/C26H18ClF6N3O5/c27-16-8-6-15(7-9-16)22-34-36(23(38)35(22)13-21(37)26(31,32)33)12-14-5-10-20(41-24(39)40)18(11-14)17-3-1-2-4-19(17)25(28,29)30/h1-11,21,37H,12-13H2,(H,39,40)/t21-/m0/s1. The maximum absolute atomic E-state index is 13.7. The van der Waals surface area contributed by atoms with Gasteiger partial charge in [0, 0.05) is 16.1 Å². The summed E-state index contributed by atoms with van der Waals surface area (Å²) < 4.78 is 86.6. The number of halogens is 7. The summed E-state index contributed by atoms with van der Waals surface area (Å²) in [5.74, 6) is -0.658. The molecule has 0 saturated carbocycles. The molecule has 0 bridgehead atoms. The molecule has 8 nitrogen and oxygen atoms in total. The Labute approximate surface area is 231 Å². The van der Waals surface area contributed by atoms with Crippen LogP contribution < -0.4 is 10.4 Å². The number of aliphatic hydroxyl groups excluding tert-OH is 1. The van der Waals surface area contributed by atoms with E-state index in [0.717, 1.165) is 35.0 Å². The first-order valence-corrected chi connectivity index (χ1v) is 11.9. The molecule has 0 radical (unpaired) electrons. The Morgan fingerprint density at radius 1 is 0.976 bits per heavy atom. The van der Waals surface area contributed by atoms with Crippen molar-refractivity contribution in [2.24, 2.45) is 0 Å². The lowest BCUT2D eigenvalue weighted by Gasteiger charge is -2.16. The number of hydrogen-bond acceptors (Lipinski definition) is 5. The molecule has 0 amide bonds. The summed E-state index contributed by atoms with van der Waals surface area (Å²) in [5, 5.41) is 23.1. The summed E-state index contributed by atoms with van der Waals surface area (Å²) in [4.78, 5) is 24.4. The maximum Gasteiger partial charge on any atom is 0.511 e. The van der Waals surface area contributed by atoms with E-state index in [1.54, 1.807) is 0 Å². The first-order chi connectivity index (χ1) is 19.1. The van der Waals surface area contributed by atoms with Crippen LogP contribution in [-0.4, -0.2) is 43.0 Å². The lowest BCUT2D eigenvalue weighted by atomic mass is 9.96. The average molecular weight is 602 g/mol. The van der Waals surface area contributed by atoms with Crippen molar-refractivity contribution in [2.75, 3.05) is 0 Å². The predicted octanol–water partition coefficient (Wildman–Crippen LogP) is 6.08. The molecular formula is C26H18ClF6N3O5. The molecule has 1 heterocycles. The Morgan fingerprint density at radius 2 is 1.63 bits per heavy atom. The summed E-state index contributed by atoms with van der Waals surface area (Å²) in [6, 6.07) is 13.5. The third-order valence-corrected chi connectivity index (χ3v) is 6.11. The predicted molar refractivity (Wildman–Crippen MR) is 134 cm³/mol. The molecule has 4 aromatic rings. The number of nitrogens with zero attached hydrogens (tertiary/aromatic N) is 3. The first kappa shape index (κ1) is 29.7. The normalized spacial score (nSPS) is 12.8. The highest BCUT2D eigenvalue weighted by molar-refractivity contribution is 6.30. The Bertz CT molecular complexity index is 1630. The summed E-state index contributed by atoms with van der Waals surface area (Å²) >= 11 is 5.88. The van der Waals surface area contributed by atoms with E-state index in [9.17, 15) is 41.0 Å². The molecule has 0 unspecified atom stereocenters. The average Bonchev–Trinajstić information content (AvgIpc) is 3.18.